The Bertz CT molecular complexity index is 1380. The first-order valence-electron chi connectivity index (χ1n) is 9.94. The number of anilines is 1. The van der Waals surface area contributed by atoms with E-state index < -0.39 is 15.6 Å². The Hall–Kier alpha value is -3.32. The molecule has 0 fully saturated rings. The minimum Gasteiger partial charge on any atom is -0.459 e. The average Bonchev–Trinajstić information content (AvgIpc) is 3.07. The number of nitrogens with one attached hydrogen (secondary N) is 1. The number of fused-ring (bicyclic) bond motifs is 2. The van der Waals surface area contributed by atoms with Crippen LogP contribution in [0.3, 0.4) is 0 Å². The molecule has 0 spiro atoms. The number of aromatic nitrogens is 1. The van der Waals surface area contributed by atoms with Crippen LogP contribution in [0.1, 0.15) is 20.8 Å². The highest BCUT2D eigenvalue weighted by atomic mass is 32.2. The first-order chi connectivity index (χ1) is 14.6. The monoisotopic (exact) mass is 436 g/mol. The number of sulfonamides is 1. The highest BCUT2D eigenvalue weighted by Gasteiger charge is 2.19. The molecule has 0 unspecified atom stereocenters. The Balaban J connectivity index is 1.65. The molecule has 0 aliphatic rings. The quantitative estimate of drug-likeness (QED) is 0.450. The van der Waals surface area contributed by atoms with E-state index in [9.17, 15) is 13.2 Å². The molecule has 4 aromatic rings. The van der Waals surface area contributed by atoms with Crippen LogP contribution in [-0.4, -0.2) is 24.6 Å². The topological polar surface area (TPSA) is 77.4 Å². The normalized spacial score (nSPS) is 12.2. The number of hydrogen-bond donors (Lipinski definition) is 1. The van der Waals surface area contributed by atoms with Gasteiger partial charge in [0.25, 0.3) is 10.0 Å². The van der Waals surface area contributed by atoms with Crippen molar-refractivity contribution >= 4 is 43.4 Å². The second-order valence-corrected chi connectivity index (χ2v) is 10.0. The smallest absolute Gasteiger partial charge is 0.326 e. The van der Waals surface area contributed by atoms with Gasteiger partial charge in [0.2, 0.25) is 0 Å². The largest absolute Gasteiger partial charge is 0.459 e. The summed E-state index contributed by atoms with van der Waals surface area (Å²) in [5.74, 6) is -0.355. The number of nitrogens with zero attached hydrogens (tertiary/aromatic N) is 1. The molecule has 1 aromatic heterocycles. The molecular formula is C24H24N2O4S. The minimum atomic E-state index is -3.80. The van der Waals surface area contributed by atoms with Gasteiger partial charge in [-0.2, -0.15) is 0 Å². The maximum Gasteiger partial charge on any atom is 0.326 e. The first kappa shape index (κ1) is 20.9. The molecule has 1 heterocycles. The van der Waals surface area contributed by atoms with Crippen molar-refractivity contribution in [3.05, 3.63) is 72.9 Å². The SMILES string of the molecule is CC(C)(C)OC(=O)Cn1ccc2ccc(NS(=O)(=O)c3cccc4ccccc34)cc21. The fraction of sp³-hybridized carbons (Fsp3) is 0.208. The lowest BCUT2D eigenvalue weighted by Crippen LogP contribution is -2.26. The molecular weight excluding hydrogens is 412 g/mol. The molecule has 0 saturated carbocycles. The maximum absolute atomic E-state index is 13.1. The van der Waals surface area contributed by atoms with E-state index in [0.29, 0.717) is 11.1 Å². The van der Waals surface area contributed by atoms with Gasteiger partial charge in [0.1, 0.15) is 12.1 Å². The molecule has 0 aliphatic heterocycles. The van der Waals surface area contributed by atoms with Gasteiger partial charge in [0.05, 0.1) is 16.1 Å². The second-order valence-electron chi connectivity index (χ2n) is 8.39. The lowest BCUT2D eigenvalue weighted by Gasteiger charge is -2.19. The molecule has 7 heteroatoms. The summed E-state index contributed by atoms with van der Waals surface area (Å²) in [6, 6.07) is 19.7. The summed E-state index contributed by atoms with van der Waals surface area (Å²) in [7, 11) is -3.80. The third kappa shape index (κ3) is 4.56. The van der Waals surface area contributed by atoms with E-state index in [-0.39, 0.29) is 17.4 Å². The van der Waals surface area contributed by atoms with E-state index in [1.165, 1.54) is 0 Å². The highest BCUT2D eigenvalue weighted by Crippen LogP contribution is 2.27. The molecule has 0 atom stereocenters. The molecule has 0 aliphatic carbocycles. The zero-order valence-electron chi connectivity index (χ0n) is 17.6. The average molecular weight is 437 g/mol. The van der Waals surface area contributed by atoms with E-state index in [4.69, 9.17) is 4.74 Å². The summed E-state index contributed by atoms with van der Waals surface area (Å²) < 4.78 is 36.1. The Morgan fingerprint density at radius 1 is 0.968 bits per heavy atom. The number of hydrogen-bond acceptors (Lipinski definition) is 4. The van der Waals surface area contributed by atoms with Gasteiger partial charge >= 0.3 is 5.97 Å². The molecule has 31 heavy (non-hydrogen) atoms. The molecule has 3 aromatic carbocycles. The number of rotatable bonds is 5. The number of carbonyl (C=O) groups excluding carboxylic acids is 1. The zero-order chi connectivity index (χ0) is 22.2. The Morgan fingerprint density at radius 3 is 2.48 bits per heavy atom. The third-order valence-electron chi connectivity index (χ3n) is 4.78. The van der Waals surface area contributed by atoms with Gasteiger partial charge in [-0.05, 0) is 55.8 Å². The van der Waals surface area contributed by atoms with Crippen LogP contribution >= 0.6 is 0 Å². The van der Waals surface area contributed by atoms with Crippen LogP contribution in [0.2, 0.25) is 0 Å². The molecule has 0 radical (unpaired) electrons. The standard InChI is InChI=1S/C24H24N2O4S/c1-24(2,3)30-23(27)16-26-14-13-18-11-12-19(15-21(18)26)25-31(28,29)22-10-6-8-17-7-4-5-9-20(17)22/h4-15,25H,16H2,1-3H3. The zero-order valence-corrected chi connectivity index (χ0v) is 18.4. The van der Waals surface area contributed by atoms with Gasteiger partial charge < -0.3 is 9.30 Å². The highest BCUT2D eigenvalue weighted by molar-refractivity contribution is 7.93. The molecule has 0 bridgehead atoms. The van der Waals surface area contributed by atoms with Crippen LogP contribution in [0.5, 0.6) is 0 Å². The summed E-state index contributed by atoms with van der Waals surface area (Å²) in [6.45, 7) is 5.50. The minimum absolute atomic E-state index is 0.0420. The summed E-state index contributed by atoms with van der Waals surface area (Å²) in [5, 5.41) is 2.41. The summed E-state index contributed by atoms with van der Waals surface area (Å²) in [6.07, 6.45) is 1.79. The predicted molar refractivity (Wildman–Crippen MR) is 123 cm³/mol. The number of ether oxygens (including phenoxy) is 1. The molecule has 1 N–H and O–H groups in total. The van der Waals surface area contributed by atoms with Crippen molar-refractivity contribution in [2.75, 3.05) is 4.72 Å². The van der Waals surface area contributed by atoms with E-state index in [0.717, 1.165) is 16.3 Å². The van der Waals surface area contributed by atoms with Gasteiger partial charge in [-0.1, -0.05) is 42.5 Å². The van der Waals surface area contributed by atoms with E-state index in [1.54, 1.807) is 41.1 Å². The Morgan fingerprint density at radius 2 is 1.71 bits per heavy atom. The third-order valence-corrected chi connectivity index (χ3v) is 6.22. The Labute approximate surface area is 181 Å². The van der Waals surface area contributed by atoms with E-state index >= 15 is 0 Å². The number of benzene rings is 3. The molecule has 4 rings (SSSR count). The van der Waals surface area contributed by atoms with Crippen molar-refractivity contribution in [2.45, 2.75) is 37.8 Å². The number of esters is 1. The van der Waals surface area contributed by atoms with Gasteiger partial charge in [-0.3, -0.25) is 9.52 Å². The lowest BCUT2D eigenvalue weighted by atomic mass is 10.1. The van der Waals surface area contributed by atoms with Gasteiger partial charge in [0.15, 0.2) is 0 Å². The molecule has 0 amide bonds. The van der Waals surface area contributed by atoms with Gasteiger partial charge in [-0.15, -0.1) is 0 Å². The van der Waals surface area contributed by atoms with Gasteiger partial charge in [0, 0.05) is 11.6 Å². The van der Waals surface area contributed by atoms with Crippen molar-refractivity contribution in [3.8, 4) is 0 Å². The van der Waals surface area contributed by atoms with E-state index in [2.05, 4.69) is 4.72 Å². The van der Waals surface area contributed by atoms with Gasteiger partial charge in [-0.25, -0.2) is 8.42 Å². The fourth-order valence-electron chi connectivity index (χ4n) is 3.54. The van der Waals surface area contributed by atoms with Crippen LogP contribution in [0.15, 0.2) is 77.8 Å². The van der Waals surface area contributed by atoms with Crippen molar-refractivity contribution in [3.63, 3.8) is 0 Å². The summed E-state index contributed by atoms with van der Waals surface area (Å²) in [4.78, 5) is 12.5. The van der Waals surface area contributed by atoms with Crippen LogP contribution in [-0.2, 0) is 26.1 Å². The molecule has 0 saturated heterocycles. The van der Waals surface area contributed by atoms with Crippen LogP contribution < -0.4 is 4.72 Å². The second kappa shape index (κ2) is 7.74. The molecule has 6 nitrogen and oxygen atoms in total. The van der Waals surface area contributed by atoms with Crippen molar-refractivity contribution in [2.24, 2.45) is 0 Å². The Kier molecular flexibility index (Phi) is 5.23. The summed E-state index contributed by atoms with van der Waals surface area (Å²) >= 11 is 0. The van der Waals surface area contributed by atoms with Crippen LogP contribution in [0.4, 0.5) is 5.69 Å². The maximum atomic E-state index is 13.1. The molecule has 160 valence electrons. The first-order valence-corrected chi connectivity index (χ1v) is 11.4. The van der Waals surface area contributed by atoms with Crippen molar-refractivity contribution in [1.29, 1.82) is 0 Å². The fourth-order valence-corrected chi connectivity index (χ4v) is 4.82. The predicted octanol–water partition coefficient (Wildman–Crippen LogP) is 4.94. The van der Waals surface area contributed by atoms with Crippen LogP contribution in [0, 0.1) is 0 Å². The summed E-state index contributed by atoms with van der Waals surface area (Å²) in [5.41, 5.74) is 0.591. The van der Waals surface area contributed by atoms with E-state index in [1.807, 2.05) is 57.2 Å². The van der Waals surface area contributed by atoms with Crippen molar-refractivity contribution < 1.29 is 17.9 Å². The van der Waals surface area contributed by atoms with Crippen LogP contribution in [0.25, 0.3) is 21.7 Å². The van der Waals surface area contributed by atoms with Crippen molar-refractivity contribution in [1.82, 2.24) is 4.57 Å². The lowest BCUT2D eigenvalue weighted by molar-refractivity contribution is -0.155. The number of carbonyl (C=O) groups is 1.